The van der Waals surface area contributed by atoms with E-state index in [9.17, 15) is 8.42 Å². The monoisotopic (exact) mass is 478 g/mol. The summed E-state index contributed by atoms with van der Waals surface area (Å²) in [6.07, 6.45) is 5.41. The molecule has 4 nitrogen and oxygen atoms in total. The summed E-state index contributed by atoms with van der Waals surface area (Å²) in [4.78, 5) is 0.254. The molecule has 2 aliphatic rings. The molecule has 33 heavy (non-hydrogen) atoms. The second kappa shape index (κ2) is 8.23. The van der Waals surface area contributed by atoms with E-state index < -0.39 is 10.0 Å². The van der Waals surface area contributed by atoms with Gasteiger partial charge in [-0.2, -0.15) is 0 Å². The fraction of sp³-hybridized carbons (Fsp3) is 0.259. The fourth-order valence-electron chi connectivity index (χ4n) is 5.01. The van der Waals surface area contributed by atoms with Gasteiger partial charge in [0.15, 0.2) is 0 Å². The van der Waals surface area contributed by atoms with Crippen molar-refractivity contribution >= 4 is 33.0 Å². The molecule has 3 atom stereocenters. The highest BCUT2D eigenvalue weighted by Gasteiger charge is 2.39. The maximum Gasteiger partial charge on any atom is 0.261 e. The van der Waals surface area contributed by atoms with Crippen molar-refractivity contribution in [3.8, 4) is 0 Å². The summed E-state index contributed by atoms with van der Waals surface area (Å²) in [7, 11) is -3.74. The van der Waals surface area contributed by atoms with Crippen molar-refractivity contribution in [1.82, 2.24) is 0 Å². The smallest absolute Gasteiger partial charge is 0.261 e. The van der Waals surface area contributed by atoms with E-state index in [4.69, 9.17) is 11.6 Å². The highest BCUT2D eigenvalue weighted by Crippen LogP contribution is 2.50. The number of aryl methyl sites for hydroxylation is 3. The van der Waals surface area contributed by atoms with E-state index in [1.807, 2.05) is 19.1 Å². The number of hydrogen-bond acceptors (Lipinski definition) is 3. The Morgan fingerprint density at radius 3 is 2.52 bits per heavy atom. The number of halogens is 1. The van der Waals surface area contributed by atoms with Crippen molar-refractivity contribution in [3.05, 3.63) is 99.6 Å². The summed E-state index contributed by atoms with van der Waals surface area (Å²) < 4.78 is 29.0. The molecular weight excluding hydrogens is 452 g/mol. The Balaban J connectivity index is 1.50. The van der Waals surface area contributed by atoms with Gasteiger partial charge >= 0.3 is 0 Å². The summed E-state index contributed by atoms with van der Waals surface area (Å²) in [5.41, 5.74) is 7.20. The first-order valence-electron chi connectivity index (χ1n) is 11.2. The van der Waals surface area contributed by atoms with Gasteiger partial charge in [-0.15, -0.1) is 0 Å². The van der Waals surface area contributed by atoms with E-state index in [1.165, 1.54) is 16.7 Å². The molecular formula is C27H27ClN2O2S. The second-order valence-corrected chi connectivity index (χ2v) is 11.2. The lowest BCUT2D eigenvalue weighted by Gasteiger charge is -2.38. The molecule has 0 saturated carbocycles. The predicted octanol–water partition coefficient (Wildman–Crippen LogP) is 6.89. The standard InChI is InChI=1S/C27H27ClN2O2S/c1-16-7-8-17(2)23(13-16)27-22-6-4-5-21(22)24-15-20(11-12-26(24)29-27)33(31,32)30-19-10-9-18(3)25(28)14-19/h4-5,7-15,21-22,27,29-30H,6H2,1-3H3/t21-,22+,27-/m0/s1. The van der Waals surface area contributed by atoms with Crippen molar-refractivity contribution in [2.24, 2.45) is 5.92 Å². The maximum atomic E-state index is 13.2. The Morgan fingerprint density at radius 2 is 1.73 bits per heavy atom. The van der Waals surface area contributed by atoms with E-state index in [0.717, 1.165) is 23.2 Å². The molecule has 0 saturated heterocycles. The van der Waals surface area contributed by atoms with Crippen LogP contribution in [0.1, 0.15) is 46.2 Å². The third-order valence-electron chi connectivity index (χ3n) is 6.84. The van der Waals surface area contributed by atoms with Gasteiger partial charge in [0.2, 0.25) is 0 Å². The first-order chi connectivity index (χ1) is 15.7. The molecule has 0 radical (unpaired) electrons. The number of fused-ring (bicyclic) bond motifs is 3. The van der Waals surface area contributed by atoms with Crippen LogP contribution in [0.25, 0.3) is 0 Å². The topological polar surface area (TPSA) is 58.2 Å². The molecule has 5 rings (SSSR count). The Bertz CT molecular complexity index is 1380. The summed E-state index contributed by atoms with van der Waals surface area (Å²) in [6.45, 7) is 6.16. The minimum absolute atomic E-state index is 0.176. The lowest BCUT2D eigenvalue weighted by atomic mass is 9.76. The zero-order valence-corrected chi connectivity index (χ0v) is 20.5. The molecule has 1 aliphatic carbocycles. The van der Waals surface area contributed by atoms with Crippen molar-refractivity contribution in [3.63, 3.8) is 0 Å². The third-order valence-corrected chi connectivity index (χ3v) is 8.62. The molecule has 6 heteroatoms. The van der Waals surface area contributed by atoms with E-state index in [-0.39, 0.29) is 16.9 Å². The zero-order chi connectivity index (χ0) is 23.3. The van der Waals surface area contributed by atoms with Gasteiger partial charge in [-0.25, -0.2) is 8.42 Å². The largest absolute Gasteiger partial charge is 0.378 e. The Hall–Kier alpha value is -2.76. The van der Waals surface area contributed by atoms with Gasteiger partial charge < -0.3 is 5.32 Å². The Kier molecular flexibility index (Phi) is 5.50. The number of hydrogen-bond donors (Lipinski definition) is 2. The number of allylic oxidation sites excluding steroid dienone is 2. The highest BCUT2D eigenvalue weighted by molar-refractivity contribution is 7.92. The predicted molar refractivity (Wildman–Crippen MR) is 136 cm³/mol. The van der Waals surface area contributed by atoms with Gasteiger partial charge in [-0.3, -0.25) is 4.72 Å². The van der Waals surface area contributed by atoms with E-state index in [1.54, 1.807) is 24.3 Å². The van der Waals surface area contributed by atoms with Gasteiger partial charge in [-0.1, -0.05) is 53.6 Å². The first kappa shape index (κ1) is 22.1. The average molecular weight is 479 g/mol. The molecule has 170 valence electrons. The van der Waals surface area contributed by atoms with Crippen LogP contribution in [0.2, 0.25) is 5.02 Å². The van der Waals surface area contributed by atoms with Gasteiger partial charge in [-0.05, 0) is 85.7 Å². The molecule has 1 aliphatic heterocycles. The van der Waals surface area contributed by atoms with Crippen molar-refractivity contribution < 1.29 is 8.42 Å². The van der Waals surface area contributed by atoms with E-state index in [0.29, 0.717) is 16.6 Å². The first-order valence-corrected chi connectivity index (χ1v) is 13.0. The van der Waals surface area contributed by atoms with Crippen LogP contribution in [0.4, 0.5) is 11.4 Å². The number of sulfonamides is 1. The minimum atomic E-state index is -3.74. The summed E-state index contributed by atoms with van der Waals surface area (Å²) in [5, 5.41) is 4.25. The van der Waals surface area contributed by atoms with Crippen LogP contribution >= 0.6 is 11.6 Å². The minimum Gasteiger partial charge on any atom is -0.378 e. The van der Waals surface area contributed by atoms with Crippen molar-refractivity contribution in [2.75, 3.05) is 10.0 Å². The summed E-state index contributed by atoms with van der Waals surface area (Å²) in [6, 6.07) is 17.3. The number of rotatable bonds is 4. The van der Waals surface area contributed by atoms with Crippen LogP contribution in [0.3, 0.4) is 0 Å². The van der Waals surface area contributed by atoms with Crippen LogP contribution in [0.15, 0.2) is 71.6 Å². The second-order valence-electron chi connectivity index (χ2n) is 9.15. The van der Waals surface area contributed by atoms with Gasteiger partial charge in [0, 0.05) is 16.6 Å². The Morgan fingerprint density at radius 1 is 0.939 bits per heavy atom. The lowest BCUT2D eigenvalue weighted by Crippen LogP contribution is -2.30. The molecule has 3 aromatic rings. The van der Waals surface area contributed by atoms with Crippen LogP contribution in [0.5, 0.6) is 0 Å². The molecule has 0 amide bonds. The SMILES string of the molecule is Cc1ccc(C)c([C@H]2Nc3ccc(S(=O)(=O)Nc4ccc(C)c(Cl)c4)cc3[C@H]3C=CC[C@H]32)c1. The number of anilines is 2. The van der Waals surface area contributed by atoms with Crippen LogP contribution in [0, 0.1) is 26.7 Å². The molecule has 3 aromatic carbocycles. The third kappa shape index (κ3) is 4.04. The van der Waals surface area contributed by atoms with Gasteiger partial charge in [0.05, 0.1) is 16.6 Å². The molecule has 0 bridgehead atoms. The number of benzene rings is 3. The molecule has 0 aromatic heterocycles. The molecule has 0 fully saturated rings. The highest BCUT2D eigenvalue weighted by atomic mass is 35.5. The average Bonchev–Trinajstić information content (AvgIpc) is 3.27. The fourth-order valence-corrected chi connectivity index (χ4v) is 6.28. The van der Waals surface area contributed by atoms with Crippen LogP contribution < -0.4 is 10.0 Å². The quantitative estimate of drug-likeness (QED) is 0.401. The Labute approximate surface area is 200 Å². The van der Waals surface area contributed by atoms with E-state index >= 15 is 0 Å². The molecule has 0 spiro atoms. The molecule has 0 unspecified atom stereocenters. The number of nitrogens with one attached hydrogen (secondary N) is 2. The molecule has 1 heterocycles. The van der Waals surface area contributed by atoms with Gasteiger partial charge in [0.1, 0.15) is 0 Å². The summed E-state index contributed by atoms with van der Waals surface area (Å²) >= 11 is 6.18. The van der Waals surface area contributed by atoms with Crippen molar-refractivity contribution in [1.29, 1.82) is 0 Å². The van der Waals surface area contributed by atoms with Crippen molar-refractivity contribution in [2.45, 2.75) is 44.0 Å². The molecule has 2 N–H and O–H groups in total. The maximum absolute atomic E-state index is 13.2. The van der Waals surface area contributed by atoms with Crippen LogP contribution in [-0.4, -0.2) is 8.42 Å². The van der Waals surface area contributed by atoms with Gasteiger partial charge in [0.25, 0.3) is 10.0 Å². The zero-order valence-electron chi connectivity index (χ0n) is 18.9. The van der Waals surface area contributed by atoms with E-state index in [2.05, 4.69) is 54.2 Å². The lowest BCUT2D eigenvalue weighted by molar-refractivity contribution is 0.424. The normalized spacial score (nSPS) is 21.3. The van der Waals surface area contributed by atoms with Crippen LogP contribution in [-0.2, 0) is 10.0 Å². The summed E-state index contributed by atoms with van der Waals surface area (Å²) in [5.74, 6) is 0.523.